The molecule has 0 saturated carbocycles. The van der Waals surface area contributed by atoms with Crippen LogP contribution in [0.3, 0.4) is 0 Å². The first kappa shape index (κ1) is 11.2. The second kappa shape index (κ2) is 4.75. The molecule has 0 bridgehead atoms. The fourth-order valence-electron chi connectivity index (χ4n) is 2.04. The standard InChI is InChI=1S/C15H11ClN2/c16-13-8-4-7-12-14(17-10-18-15(12)13)9-11-5-2-1-3-6-11/h1-8,10H,9H2. The van der Waals surface area contributed by atoms with Crippen LogP contribution in [-0.2, 0) is 6.42 Å². The first-order valence-corrected chi connectivity index (χ1v) is 6.14. The van der Waals surface area contributed by atoms with Crippen LogP contribution in [0.15, 0.2) is 54.9 Å². The van der Waals surface area contributed by atoms with E-state index in [0.29, 0.717) is 5.02 Å². The predicted molar refractivity (Wildman–Crippen MR) is 73.8 cm³/mol. The van der Waals surface area contributed by atoms with Gasteiger partial charge in [-0.3, -0.25) is 0 Å². The number of hydrogen-bond acceptors (Lipinski definition) is 2. The van der Waals surface area contributed by atoms with E-state index in [-0.39, 0.29) is 0 Å². The molecule has 0 saturated heterocycles. The van der Waals surface area contributed by atoms with E-state index in [2.05, 4.69) is 22.1 Å². The highest BCUT2D eigenvalue weighted by molar-refractivity contribution is 6.35. The molecule has 0 amide bonds. The molecule has 0 atom stereocenters. The molecular formula is C15H11ClN2. The number of benzene rings is 2. The van der Waals surface area contributed by atoms with Gasteiger partial charge in [0.1, 0.15) is 6.33 Å². The fraction of sp³-hybridized carbons (Fsp3) is 0.0667. The maximum atomic E-state index is 6.14. The molecule has 88 valence electrons. The van der Waals surface area contributed by atoms with Crippen molar-refractivity contribution in [1.82, 2.24) is 9.97 Å². The second-order valence-corrected chi connectivity index (χ2v) is 4.53. The summed E-state index contributed by atoms with van der Waals surface area (Å²) in [7, 11) is 0. The Kier molecular flexibility index (Phi) is 2.95. The molecule has 0 spiro atoms. The van der Waals surface area contributed by atoms with Crippen LogP contribution in [0.5, 0.6) is 0 Å². The van der Waals surface area contributed by atoms with Crippen LogP contribution >= 0.6 is 11.6 Å². The van der Waals surface area contributed by atoms with Crippen molar-refractivity contribution < 1.29 is 0 Å². The van der Waals surface area contributed by atoms with Crippen molar-refractivity contribution in [1.29, 1.82) is 0 Å². The number of halogens is 1. The normalized spacial score (nSPS) is 10.7. The van der Waals surface area contributed by atoms with Gasteiger partial charge in [-0.25, -0.2) is 9.97 Å². The van der Waals surface area contributed by atoms with Crippen LogP contribution in [-0.4, -0.2) is 9.97 Å². The van der Waals surface area contributed by atoms with Gasteiger partial charge in [-0.15, -0.1) is 0 Å². The lowest BCUT2D eigenvalue weighted by molar-refractivity contribution is 1.06. The zero-order valence-electron chi connectivity index (χ0n) is 9.68. The molecule has 1 heterocycles. The molecule has 0 aliphatic carbocycles. The summed E-state index contributed by atoms with van der Waals surface area (Å²) >= 11 is 6.14. The van der Waals surface area contributed by atoms with Gasteiger partial charge in [-0.05, 0) is 11.6 Å². The third-order valence-electron chi connectivity index (χ3n) is 2.91. The molecule has 2 aromatic carbocycles. The van der Waals surface area contributed by atoms with Crippen molar-refractivity contribution in [3.8, 4) is 0 Å². The van der Waals surface area contributed by atoms with Gasteiger partial charge in [0.15, 0.2) is 0 Å². The Morgan fingerprint density at radius 1 is 0.889 bits per heavy atom. The molecule has 18 heavy (non-hydrogen) atoms. The largest absolute Gasteiger partial charge is 0.240 e. The summed E-state index contributed by atoms with van der Waals surface area (Å²) in [5.74, 6) is 0. The van der Waals surface area contributed by atoms with Gasteiger partial charge in [0.25, 0.3) is 0 Å². The van der Waals surface area contributed by atoms with E-state index in [0.717, 1.165) is 23.0 Å². The Hall–Kier alpha value is -1.93. The second-order valence-electron chi connectivity index (χ2n) is 4.12. The average molecular weight is 255 g/mol. The molecule has 2 nitrogen and oxygen atoms in total. The first-order valence-electron chi connectivity index (χ1n) is 5.76. The number of rotatable bonds is 2. The molecule has 0 fully saturated rings. The SMILES string of the molecule is Clc1cccc2c(Cc3ccccc3)ncnc12. The van der Waals surface area contributed by atoms with Crippen LogP contribution in [0.4, 0.5) is 0 Å². The highest BCUT2D eigenvalue weighted by atomic mass is 35.5. The van der Waals surface area contributed by atoms with Crippen molar-refractivity contribution >= 4 is 22.5 Å². The number of hydrogen-bond donors (Lipinski definition) is 0. The molecule has 0 aliphatic rings. The minimum absolute atomic E-state index is 0.671. The lowest BCUT2D eigenvalue weighted by Gasteiger charge is -2.06. The minimum atomic E-state index is 0.671. The smallest absolute Gasteiger partial charge is 0.116 e. The summed E-state index contributed by atoms with van der Waals surface area (Å²) in [6.45, 7) is 0. The van der Waals surface area contributed by atoms with Gasteiger partial charge in [0, 0.05) is 11.8 Å². The van der Waals surface area contributed by atoms with E-state index < -0.39 is 0 Å². The molecule has 0 N–H and O–H groups in total. The number of aromatic nitrogens is 2. The number of fused-ring (bicyclic) bond motifs is 1. The highest BCUT2D eigenvalue weighted by Crippen LogP contribution is 2.23. The van der Waals surface area contributed by atoms with Crippen LogP contribution in [0.1, 0.15) is 11.3 Å². The lowest BCUT2D eigenvalue weighted by Crippen LogP contribution is -1.95. The maximum Gasteiger partial charge on any atom is 0.116 e. The van der Waals surface area contributed by atoms with Crippen molar-refractivity contribution in [3.05, 3.63) is 71.1 Å². The van der Waals surface area contributed by atoms with Gasteiger partial charge in [-0.2, -0.15) is 0 Å². The van der Waals surface area contributed by atoms with Crippen LogP contribution in [0.25, 0.3) is 10.9 Å². The summed E-state index contributed by atoms with van der Waals surface area (Å²) in [6.07, 6.45) is 2.37. The zero-order valence-corrected chi connectivity index (χ0v) is 10.4. The Labute approximate surface area is 110 Å². The average Bonchev–Trinajstić information content (AvgIpc) is 2.41. The molecule has 0 unspecified atom stereocenters. The summed E-state index contributed by atoms with van der Waals surface area (Å²) in [6, 6.07) is 16.1. The van der Waals surface area contributed by atoms with Gasteiger partial charge in [0.05, 0.1) is 16.2 Å². The summed E-state index contributed by atoms with van der Waals surface area (Å²) in [5.41, 5.74) is 3.06. The predicted octanol–water partition coefficient (Wildman–Crippen LogP) is 3.87. The monoisotopic (exact) mass is 254 g/mol. The Morgan fingerprint density at radius 2 is 1.72 bits per heavy atom. The van der Waals surface area contributed by atoms with E-state index in [1.54, 1.807) is 6.33 Å². The fourth-order valence-corrected chi connectivity index (χ4v) is 2.26. The van der Waals surface area contributed by atoms with E-state index in [9.17, 15) is 0 Å². The molecule has 0 aliphatic heterocycles. The van der Waals surface area contributed by atoms with E-state index >= 15 is 0 Å². The van der Waals surface area contributed by atoms with Gasteiger partial charge in [-0.1, -0.05) is 54.1 Å². The quantitative estimate of drug-likeness (QED) is 0.694. The third-order valence-corrected chi connectivity index (χ3v) is 3.22. The van der Waals surface area contributed by atoms with Crippen molar-refractivity contribution in [2.75, 3.05) is 0 Å². The number of nitrogens with zero attached hydrogens (tertiary/aromatic N) is 2. The summed E-state index contributed by atoms with van der Waals surface area (Å²) in [5, 5.41) is 1.69. The minimum Gasteiger partial charge on any atom is -0.240 e. The number of para-hydroxylation sites is 1. The Morgan fingerprint density at radius 3 is 2.56 bits per heavy atom. The van der Waals surface area contributed by atoms with Crippen LogP contribution in [0.2, 0.25) is 5.02 Å². The molecular weight excluding hydrogens is 244 g/mol. The zero-order chi connectivity index (χ0) is 12.4. The summed E-state index contributed by atoms with van der Waals surface area (Å²) < 4.78 is 0. The summed E-state index contributed by atoms with van der Waals surface area (Å²) in [4.78, 5) is 8.61. The van der Waals surface area contributed by atoms with Gasteiger partial charge >= 0.3 is 0 Å². The van der Waals surface area contributed by atoms with Crippen LogP contribution < -0.4 is 0 Å². The maximum absolute atomic E-state index is 6.14. The molecule has 3 aromatic rings. The van der Waals surface area contributed by atoms with E-state index in [1.165, 1.54) is 5.56 Å². The molecule has 3 heteroatoms. The topological polar surface area (TPSA) is 25.8 Å². The Balaban J connectivity index is 2.10. The highest BCUT2D eigenvalue weighted by Gasteiger charge is 2.06. The lowest BCUT2D eigenvalue weighted by atomic mass is 10.1. The van der Waals surface area contributed by atoms with Crippen molar-refractivity contribution in [2.45, 2.75) is 6.42 Å². The molecule has 1 aromatic heterocycles. The first-order chi connectivity index (χ1) is 8.84. The third kappa shape index (κ3) is 2.07. The van der Waals surface area contributed by atoms with Gasteiger partial charge < -0.3 is 0 Å². The van der Waals surface area contributed by atoms with Gasteiger partial charge in [0.2, 0.25) is 0 Å². The van der Waals surface area contributed by atoms with Crippen molar-refractivity contribution in [2.24, 2.45) is 0 Å². The Bertz CT molecular complexity index is 680. The van der Waals surface area contributed by atoms with E-state index in [4.69, 9.17) is 11.6 Å². The van der Waals surface area contributed by atoms with Crippen molar-refractivity contribution in [3.63, 3.8) is 0 Å². The van der Waals surface area contributed by atoms with Crippen LogP contribution in [0, 0.1) is 0 Å². The molecule has 0 radical (unpaired) electrons. The van der Waals surface area contributed by atoms with E-state index in [1.807, 2.05) is 36.4 Å². The molecule has 3 rings (SSSR count).